The van der Waals surface area contributed by atoms with Crippen LogP contribution in [0, 0.1) is 0 Å². The maximum Gasteiger partial charge on any atom is 0.321 e. The van der Waals surface area contributed by atoms with Gasteiger partial charge < -0.3 is 10.1 Å². The SMILES string of the molecule is CNC(=O)NC(=O)[C@H](C)Oc1ccc(-c2ccccc2)cc1. The van der Waals surface area contributed by atoms with Gasteiger partial charge in [-0.15, -0.1) is 0 Å². The molecule has 0 aromatic heterocycles. The van der Waals surface area contributed by atoms with E-state index < -0.39 is 18.0 Å². The number of hydrogen-bond donors (Lipinski definition) is 2. The third-order valence-electron chi connectivity index (χ3n) is 3.11. The van der Waals surface area contributed by atoms with E-state index in [-0.39, 0.29) is 0 Å². The first-order chi connectivity index (χ1) is 10.6. The molecule has 0 saturated heterocycles. The Hall–Kier alpha value is -2.82. The fraction of sp³-hybridized carbons (Fsp3) is 0.176. The Bertz CT molecular complexity index is 639. The molecule has 1 atom stereocenters. The number of benzene rings is 2. The molecular formula is C17H18N2O3. The summed E-state index contributed by atoms with van der Waals surface area (Å²) in [6.07, 6.45) is -0.764. The number of amides is 3. The van der Waals surface area contributed by atoms with Gasteiger partial charge >= 0.3 is 6.03 Å². The van der Waals surface area contributed by atoms with E-state index >= 15 is 0 Å². The van der Waals surface area contributed by atoms with Crippen LogP contribution in [0.1, 0.15) is 6.92 Å². The van der Waals surface area contributed by atoms with Crippen LogP contribution in [0.3, 0.4) is 0 Å². The minimum absolute atomic E-state index is 0.494. The Morgan fingerprint density at radius 3 is 2.14 bits per heavy atom. The second-order valence-electron chi connectivity index (χ2n) is 4.72. The summed E-state index contributed by atoms with van der Waals surface area (Å²) >= 11 is 0. The molecule has 0 fully saturated rings. The van der Waals surface area contributed by atoms with Gasteiger partial charge in [-0.25, -0.2) is 4.79 Å². The molecule has 3 amide bonds. The Morgan fingerprint density at radius 1 is 0.955 bits per heavy atom. The first kappa shape index (κ1) is 15.6. The lowest BCUT2D eigenvalue weighted by Gasteiger charge is -2.14. The number of ether oxygens (including phenoxy) is 1. The fourth-order valence-electron chi connectivity index (χ4n) is 1.89. The largest absolute Gasteiger partial charge is 0.481 e. The van der Waals surface area contributed by atoms with Crippen molar-refractivity contribution in [3.63, 3.8) is 0 Å². The van der Waals surface area contributed by atoms with E-state index in [0.717, 1.165) is 11.1 Å². The quantitative estimate of drug-likeness (QED) is 0.911. The molecule has 2 aromatic rings. The summed E-state index contributed by atoms with van der Waals surface area (Å²) in [5, 5.41) is 4.49. The highest BCUT2D eigenvalue weighted by atomic mass is 16.5. The van der Waals surface area contributed by atoms with E-state index in [1.54, 1.807) is 19.1 Å². The third-order valence-corrected chi connectivity index (χ3v) is 3.11. The van der Waals surface area contributed by atoms with Crippen LogP contribution >= 0.6 is 0 Å². The maximum absolute atomic E-state index is 11.7. The van der Waals surface area contributed by atoms with E-state index in [1.807, 2.05) is 42.5 Å². The van der Waals surface area contributed by atoms with Crippen molar-refractivity contribution in [2.75, 3.05) is 7.05 Å². The fourth-order valence-corrected chi connectivity index (χ4v) is 1.89. The van der Waals surface area contributed by atoms with Crippen molar-refractivity contribution in [2.24, 2.45) is 0 Å². The molecule has 5 nitrogen and oxygen atoms in total. The molecule has 0 heterocycles. The van der Waals surface area contributed by atoms with Crippen LogP contribution in [0.2, 0.25) is 0 Å². The molecule has 0 aliphatic carbocycles. The number of urea groups is 1. The topological polar surface area (TPSA) is 67.4 Å². The zero-order chi connectivity index (χ0) is 15.9. The average molecular weight is 298 g/mol. The van der Waals surface area contributed by atoms with Crippen LogP contribution in [0.25, 0.3) is 11.1 Å². The zero-order valence-electron chi connectivity index (χ0n) is 12.5. The molecule has 22 heavy (non-hydrogen) atoms. The Kier molecular flexibility index (Phi) is 5.14. The van der Waals surface area contributed by atoms with E-state index in [4.69, 9.17) is 4.74 Å². The molecule has 5 heteroatoms. The van der Waals surface area contributed by atoms with E-state index in [0.29, 0.717) is 5.75 Å². The molecule has 0 spiro atoms. The summed E-state index contributed by atoms with van der Waals surface area (Å²) < 4.78 is 5.52. The highest BCUT2D eigenvalue weighted by Crippen LogP contribution is 2.22. The maximum atomic E-state index is 11.7. The van der Waals surface area contributed by atoms with Gasteiger partial charge in [0.1, 0.15) is 5.75 Å². The van der Waals surface area contributed by atoms with Crippen molar-refractivity contribution in [1.29, 1.82) is 0 Å². The van der Waals surface area contributed by atoms with Gasteiger partial charge in [0.2, 0.25) is 0 Å². The standard InChI is InChI=1S/C17H18N2O3/c1-12(16(20)19-17(21)18-2)22-15-10-8-14(9-11-15)13-6-4-3-5-7-13/h3-12H,1-2H3,(H2,18,19,20,21)/t12-/m0/s1. The summed E-state index contributed by atoms with van der Waals surface area (Å²) in [7, 11) is 1.44. The number of nitrogens with one attached hydrogen (secondary N) is 2. The minimum atomic E-state index is -0.764. The van der Waals surface area contributed by atoms with E-state index in [1.165, 1.54) is 7.05 Å². The van der Waals surface area contributed by atoms with Crippen molar-refractivity contribution >= 4 is 11.9 Å². The number of carbonyl (C=O) groups is 2. The molecule has 114 valence electrons. The summed E-state index contributed by atoms with van der Waals surface area (Å²) in [5.74, 6) is 0.0747. The van der Waals surface area contributed by atoms with Gasteiger partial charge in [0.25, 0.3) is 5.91 Å². The Morgan fingerprint density at radius 2 is 1.55 bits per heavy atom. The van der Waals surface area contributed by atoms with Gasteiger partial charge in [-0.3, -0.25) is 10.1 Å². The molecular weight excluding hydrogens is 280 g/mol. The second-order valence-corrected chi connectivity index (χ2v) is 4.72. The van der Waals surface area contributed by atoms with Crippen molar-refractivity contribution in [1.82, 2.24) is 10.6 Å². The summed E-state index contributed by atoms with van der Waals surface area (Å²) in [6, 6.07) is 16.9. The molecule has 0 saturated carbocycles. The van der Waals surface area contributed by atoms with Crippen LogP contribution in [-0.4, -0.2) is 25.1 Å². The van der Waals surface area contributed by atoms with Crippen LogP contribution in [0.4, 0.5) is 4.79 Å². The summed E-state index contributed by atoms with van der Waals surface area (Å²) in [4.78, 5) is 22.8. The normalized spacial score (nSPS) is 11.4. The molecule has 0 aliphatic rings. The van der Waals surface area contributed by atoms with Crippen LogP contribution in [0.15, 0.2) is 54.6 Å². The first-order valence-electron chi connectivity index (χ1n) is 6.95. The smallest absolute Gasteiger partial charge is 0.321 e. The van der Waals surface area contributed by atoms with Gasteiger partial charge in [0.15, 0.2) is 6.10 Å². The molecule has 0 unspecified atom stereocenters. The highest BCUT2D eigenvalue weighted by Gasteiger charge is 2.16. The van der Waals surface area contributed by atoms with E-state index in [9.17, 15) is 9.59 Å². The van der Waals surface area contributed by atoms with Gasteiger partial charge in [-0.1, -0.05) is 42.5 Å². The molecule has 2 aromatic carbocycles. The van der Waals surface area contributed by atoms with Crippen LogP contribution in [-0.2, 0) is 4.79 Å². The Balaban J connectivity index is 1.99. The van der Waals surface area contributed by atoms with Crippen molar-refractivity contribution in [3.05, 3.63) is 54.6 Å². The third kappa shape index (κ3) is 4.09. The van der Waals surface area contributed by atoms with E-state index in [2.05, 4.69) is 10.6 Å². The second kappa shape index (κ2) is 7.26. The predicted molar refractivity (Wildman–Crippen MR) is 84.6 cm³/mol. The van der Waals surface area contributed by atoms with Crippen LogP contribution < -0.4 is 15.4 Å². The molecule has 2 rings (SSSR count). The number of carbonyl (C=O) groups excluding carboxylic acids is 2. The Labute approximate surface area is 129 Å². The lowest BCUT2D eigenvalue weighted by molar-refractivity contribution is -0.126. The monoisotopic (exact) mass is 298 g/mol. The molecule has 0 radical (unpaired) electrons. The number of imide groups is 1. The van der Waals surface area contributed by atoms with Crippen molar-refractivity contribution in [3.8, 4) is 16.9 Å². The average Bonchev–Trinajstić information content (AvgIpc) is 2.56. The minimum Gasteiger partial charge on any atom is -0.481 e. The number of hydrogen-bond acceptors (Lipinski definition) is 3. The van der Waals surface area contributed by atoms with Gasteiger partial charge in [0, 0.05) is 7.05 Å². The number of rotatable bonds is 4. The van der Waals surface area contributed by atoms with Crippen LogP contribution in [0.5, 0.6) is 5.75 Å². The molecule has 0 bridgehead atoms. The summed E-state index contributed by atoms with van der Waals surface area (Å²) in [6.45, 7) is 1.59. The molecule has 2 N–H and O–H groups in total. The molecule has 0 aliphatic heterocycles. The van der Waals surface area contributed by atoms with Crippen molar-refractivity contribution < 1.29 is 14.3 Å². The van der Waals surface area contributed by atoms with Gasteiger partial charge in [-0.2, -0.15) is 0 Å². The zero-order valence-corrected chi connectivity index (χ0v) is 12.5. The lowest BCUT2D eigenvalue weighted by Crippen LogP contribution is -2.43. The first-order valence-corrected chi connectivity index (χ1v) is 6.95. The van der Waals surface area contributed by atoms with Crippen molar-refractivity contribution in [2.45, 2.75) is 13.0 Å². The highest BCUT2D eigenvalue weighted by molar-refractivity contribution is 5.96. The summed E-state index contributed by atoms with van der Waals surface area (Å²) in [5.41, 5.74) is 2.18. The predicted octanol–water partition coefficient (Wildman–Crippen LogP) is 2.58. The van der Waals surface area contributed by atoms with Gasteiger partial charge in [0.05, 0.1) is 0 Å². The van der Waals surface area contributed by atoms with Gasteiger partial charge in [-0.05, 0) is 30.2 Å². The lowest BCUT2D eigenvalue weighted by atomic mass is 10.1.